The van der Waals surface area contributed by atoms with Crippen LogP contribution in [0.3, 0.4) is 0 Å². The number of para-hydroxylation sites is 1. The molecule has 3 heteroatoms. The molecule has 0 amide bonds. The van der Waals surface area contributed by atoms with E-state index in [9.17, 15) is 0 Å². The minimum Gasteiger partial charge on any atom is -0.496 e. The lowest BCUT2D eigenvalue weighted by Gasteiger charge is -2.10. The smallest absolute Gasteiger partial charge is 0.123 e. The zero-order chi connectivity index (χ0) is 11.8. The average Bonchev–Trinajstić information content (AvgIpc) is 2.29. The third-order valence-corrected chi connectivity index (χ3v) is 2.52. The molecule has 0 aliphatic carbocycles. The van der Waals surface area contributed by atoms with Gasteiger partial charge < -0.3 is 15.8 Å². The lowest BCUT2D eigenvalue weighted by molar-refractivity contribution is 0.407. The maximum atomic E-state index is 5.68. The Morgan fingerprint density at radius 2 is 2.12 bits per heavy atom. The molecule has 16 heavy (non-hydrogen) atoms. The van der Waals surface area contributed by atoms with Crippen molar-refractivity contribution in [2.45, 2.75) is 32.4 Å². The molecule has 0 aliphatic rings. The molecule has 1 rings (SSSR count). The van der Waals surface area contributed by atoms with Gasteiger partial charge in [-0.3, -0.25) is 0 Å². The summed E-state index contributed by atoms with van der Waals surface area (Å²) in [5, 5.41) is 3.40. The molecule has 0 saturated heterocycles. The van der Waals surface area contributed by atoms with E-state index in [1.807, 2.05) is 25.1 Å². The van der Waals surface area contributed by atoms with Crippen LogP contribution in [0, 0.1) is 0 Å². The Kier molecular flexibility index (Phi) is 5.90. The fraction of sp³-hybridized carbons (Fsp3) is 0.538. The first-order valence-corrected chi connectivity index (χ1v) is 5.82. The molecule has 0 saturated carbocycles. The summed E-state index contributed by atoms with van der Waals surface area (Å²) in [6, 6.07) is 8.38. The van der Waals surface area contributed by atoms with Gasteiger partial charge in [0.05, 0.1) is 7.11 Å². The van der Waals surface area contributed by atoms with Crippen LogP contribution in [-0.4, -0.2) is 19.7 Å². The summed E-state index contributed by atoms with van der Waals surface area (Å²) < 4.78 is 5.28. The highest BCUT2D eigenvalue weighted by molar-refractivity contribution is 5.32. The highest BCUT2D eigenvalue weighted by Gasteiger charge is 2.00. The third kappa shape index (κ3) is 4.64. The summed E-state index contributed by atoms with van der Waals surface area (Å²) in [5.74, 6) is 0.946. The predicted octanol–water partition coefficient (Wildman–Crippen LogP) is 1.91. The van der Waals surface area contributed by atoms with Crippen molar-refractivity contribution >= 4 is 0 Å². The van der Waals surface area contributed by atoms with E-state index in [4.69, 9.17) is 10.5 Å². The summed E-state index contributed by atoms with van der Waals surface area (Å²) in [6.07, 6.45) is 2.19. The second kappa shape index (κ2) is 7.25. The van der Waals surface area contributed by atoms with Gasteiger partial charge >= 0.3 is 0 Å². The molecule has 3 nitrogen and oxygen atoms in total. The minimum absolute atomic E-state index is 0.299. The fourth-order valence-corrected chi connectivity index (χ4v) is 1.62. The molecule has 90 valence electrons. The second-order valence-electron chi connectivity index (χ2n) is 4.11. The number of hydrogen-bond donors (Lipinski definition) is 2. The molecule has 1 atom stereocenters. The lowest BCUT2D eigenvalue weighted by Crippen LogP contribution is -2.20. The van der Waals surface area contributed by atoms with Gasteiger partial charge in [-0.25, -0.2) is 0 Å². The largest absolute Gasteiger partial charge is 0.496 e. The van der Waals surface area contributed by atoms with Crippen molar-refractivity contribution in [3.05, 3.63) is 29.8 Å². The number of ether oxygens (including phenoxy) is 1. The first kappa shape index (κ1) is 13.0. The van der Waals surface area contributed by atoms with Gasteiger partial charge in [-0.2, -0.15) is 0 Å². The molecule has 1 aromatic rings. The van der Waals surface area contributed by atoms with Crippen LogP contribution in [-0.2, 0) is 6.54 Å². The number of nitrogens with two attached hydrogens (primary N) is 1. The van der Waals surface area contributed by atoms with Crippen LogP contribution in [0.1, 0.15) is 25.3 Å². The van der Waals surface area contributed by atoms with Crippen LogP contribution in [0.15, 0.2) is 24.3 Å². The van der Waals surface area contributed by atoms with Crippen LogP contribution < -0.4 is 15.8 Å². The van der Waals surface area contributed by atoms with E-state index in [0.29, 0.717) is 6.04 Å². The van der Waals surface area contributed by atoms with Crippen molar-refractivity contribution in [2.24, 2.45) is 5.73 Å². The van der Waals surface area contributed by atoms with Crippen molar-refractivity contribution in [3.63, 3.8) is 0 Å². The SMILES string of the molecule is COc1ccccc1CNCCCC(C)N. The van der Waals surface area contributed by atoms with Crippen LogP contribution >= 0.6 is 0 Å². The second-order valence-corrected chi connectivity index (χ2v) is 4.11. The standard InChI is InChI=1S/C13H22N2O/c1-11(14)6-5-9-15-10-12-7-3-4-8-13(12)16-2/h3-4,7-8,11,15H,5-6,9-10,14H2,1-2H3. The summed E-state index contributed by atoms with van der Waals surface area (Å²) in [6.45, 7) is 3.89. The molecule has 0 aliphatic heterocycles. The van der Waals surface area contributed by atoms with Crippen LogP contribution in [0.5, 0.6) is 5.75 Å². The van der Waals surface area contributed by atoms with Gasteiger partial charge in [-0.1, -0.05) is 18.2 Å². The van der Waals surface area contributed by atoms with E-state index >= 15 is 0 Å². The van der Waals surface area contributed by atoms with Crippen LogP contribution in [0.4, 0.5) is 0 Å². The van der Waals surface area contributed by atoms with Crippen LogP contribution in [0.2, 0.25) is 0 Å². The van der Waals surface area contributed by atoms with E-state index in [1.54, 1.807) is 7.11 Å². The number of hydrogen-bond acceptors (Lipinski definition) is 3. The third-order valence-electron chi connectivity index (χ3n) is 2.52. The summed E-state index contributed by atoms with van der Waals surface area (Å²) in [5.41, 5.74) is 6.88. The van der Waals surface area contributed by atoms with Gasteiger partial charge in [-0.15, -0.1) is 0 Å². The summed E-state index contributed by atoms with van der Waals surface area (Å²) in [4.78, 5) is 0. The number of rotatable bonds is 7. The molecule has 0 aromatic heterocycles. The van der Waals surface area contributed by atoms with Crippen molar-refractivity contribution in [1.82, 2.24) is 5.32 Å². The van der Waals surface area contributed by atoms with E-state index < -0.39 is 0 Å². The van der Waals surface area contributed by atoms with Crippen molar-refractivity contribution in [3.8, 4) is 5.75 Å². The number of methoxy groups -OCH3 is 1. The van der Waals surface area contributed by atoms with Crippen molar-refractivity contribution in [2.75, 3.05) is 13.7 Å². The Labute approximate surface area is 98.0 Å². The Morgan fingerprint density at radius 3 is 2.81 bits per heavy atom. The highest BCUT2D eigenvalue weighted by atomic mass is 16.5. The number of benzene rings is 1. The average molecular weight is 222 g/mol. The summed E-state index contributed by atoms with van der Waals surface area (Å²) >= 11 is 0. The molecular weight excluding hydrogens is 200 g/mol. The Bertz CT molecular complexity index is 300. The quantitative estimate of drug-likeness (QED) is 0.693. The van der Waals surface area contributed by atoms with Gasteiger partial charge in [0.15, 0.2) is 0 Å². The Morgan fingerprint density at radius 1 is 1.38 bits per heavy atom. The van der Waals surface area contributed by atoms with Gasteiger partial charge in [0.1, 0.15) is 5.75 Å². The zero-order valence-electron chi connectivity index (χ0n) is 10.2. The van der Waals surface area contributed by atoms with Gasteiger partial charge in [0.25, 0.3) is 0 Å². The minimum atomic E-state index is 0.299. The first-order valence-electron chi connectivity index (χ1n) is 5.82. The number of nitrogens with one attached hydrogen (secondary N) is 1. The molecule has 0 heterocycles. The molecule has 0 radical (unpaired) electrons. The monoisotopic (exact) mass is 222 g/mol. The fourth-order valence-electron chi connectivity index (χ4n) is 1.62. The van der Waals surface area contributed by atoms with Gasteiger partial charge in [0.2, 0.25) is 0 Å². The molecule has 0 fully saturated rings. The van der Waals surface area contributed by atoms with Crippen molar-refractivity contribution < 1.29 is 4.74 Å². The normalized spacial score (nSPS) is 12.4. The van der Waals surface area contributed by atoms with E-state index in [1.165, 1.54) is 5.56 Å². The van der Waals surface area contributed by atoms with Crippen LogP contribution in [0.25, 0.3) is 0 Å². The molecular formula is C13H22N2O. The topological polar surface area (TPSA) is 47.3 Å². The highest BCUT2D eigenvalue weighted by Crippen LogP contribution is 2.16. The lowest BCUT2D eigenvalue weighted by atomic mass is 10.2. The Balaban J connectivity index is 2.26. The van der Waals surface area contributed by atoms with Crippen molar-refractivity contribution in [1.29, 1.82) is 0 Å². The van der Waals surface area contributed by atoms with Gasteiger partial charge in [-0.05, 0) is 32.4 Å². The molecule has 1 unspecified atom stereocenters. The predicted molar refractivity (Wildman–Crippen MR) is 67.6 cm³/mol. The molecule has 0 spiro atoms. The zero-order valence-corrected chi connectivity index (χ0v) is 10.2. The molecule has 3 N–H and O–H groups in total. The Hall–Kier alpha value is -1.06. The summed E-state index contributed by atoms with van der Waals surface area (Å²) in [7, 11) is 1.70. The van der Waals surface area contributed by atoms with E-state index in [-0.39, 0.29) is 0 Å². The molecule has 0 bridgehead atoms. The van der Waals surface area contributed by atoms with E-state index in [0.717, 1.165) is 31.7 Å². The van der Waals surface area contributed by atoms with Gasteiger partial charge in [0, 0.05) is 18.2 Å². The van der Waals surface area contributed by atoms with E-state index in [2.05, 4.69) is 11.4 Å². The maximum absolute atomic E-state index is 5.68. The maximum Gasteiger partial charge on any atom is 0.123 e. The molecule has 1 aromatic carbocycles. The first-order chi connectivity index (χ1) is 7.74.